The zero-order valence-corrected chi connectivity index (χ0v) is 16.8. The van der Waals surface area contributed by atoms with Crippen molar-refractivity contribution in [2.24, 2.45) is 0 Å². The van der Waals surface area contributed by atoms with Crippen molar-refractivity contribution < 1.29 is 14.0 Å². The highest BCUT2D eigenvalue weighted by Crippen LogP contribution is 2.16. The Morgan fingerprint density at radius 3 is 2.52 bits per heavy atom. The lowest BCUT2D eigenvalue weighted by Crippen LogP contribution is -2.47. The van der Waals surface area contributed by atoms with Crippen LogP contribution in [0.25, 0.3) is 0 Å². The Morgan fingerprint density at radius 2 is 1.85 bits per heavy atom. The third-order valence-corrected chi connectivity index (χ3v) is 5.05. The van der Waals surface area contributed by atoms with E-state index in [0.717, 1.165) is 0 Å². The number of carbonyl (C=O) groups is 2. The van der Waals surface area contributed by atoms with Crippen LogP contribution in [0.5, 0.6) is 0 Å². The molecule has 0 spiro atoms. The molecule has 0 fully saturated rings. The van der Waals surface area contributed by atoms with Gasteiger partial charge >= 0.3 is 0 Å². The summed E-state index contributed by atoms with van der Waals surface area (Å²) in [5.41, 5.74) is 0.743. The number of halogens is 2. The Bertz CT molecular complexity index is 803. The van der Waals surface area contributed by atoms with Crippen LogP contribution in [0, 0.1) is 5.82 Å². The van der Waals surface area contributed by atoms with Gasteiger partial charge in [0, 0.05) is 19.2 Å². The molecule has 2 rings (SSSR count). The number of amides is 2. The maximum atomic E-state index is 13.9. The van der Waals surface area contributed by atoms with E-state index in [2.05, 4.69) is 5.32 Å². The summed E-state index contributed by atoms with van der Waals surface area (Å²) < 4.78 is 13.9. The summed E-state index contributed by atoms with van der Waals surface area (Å²) in [4.78, 5) is 26.8. The average molecular weight is 409 g/mol. The minimum Gasteiger partial charge on any atom is -0.340 e. The molecule has 1 unspecified atom stereocenters. The normalized spacial score (nSPS) is 11.7. The van der Waals surface area contributed by atoms with Crippen molar-refractivity contribution in [1.82, 2.24) is 10.2 Å². The Hall–Kier alpha value is -2.05. The Labute approximate surface area is 168 Å². The third-order valence-electron chi connectivity index (χ3n) is 4.07. The lowest BCUT2D eigenvalue weighted by molar-refractivity contribution is -0.132. The largest absolute Gasteiger partial charge is 0.340 e. The number of hydrogen-bond donors (Lipinski definition) is 1. The fourth-order valence-corrected chi connectivity index (χ4v) is 3.29. The predicted molar refractivity (Wildman–Crippen MR) is 109 cm³/mol. The van der Waals surface area contributed by atoms with Crippen molar-refractivity contribution in [2.75, 3.05) is 19.1 Å². The van der Waals surface area contributed by atoms with Gasteiger partial charge in [-0.25, -0.2) is 4.39 Å². The topological polar surface area (TPSA) is 49.4 Å². The molecule has 0 saturated carbocycles. The number of thioether (sulfide) groups is 1. The Kier molecular flexibility index (Phi) is 8.13. The van der Waals surface area contributed by atoms with Gasteiger partial charge in [-0.3, -0.25) is 9.59 Å². The average Bonchev–Trinajstić information content (AvgIpc) is 2.66. The van der Waals surface area contributed by atoms with E-state index in [0.29, 0.717) is 28.3 Å². The minimum absolute atomic E-state index is 0.128. The van der Waals surface area contributed by atoms with Gasteiger partial charge in [0.2, 0.25) is 5.91 Å². The summed E-state index contributed by atoms with van der Waals surface area (Å²) in [6, 6.07) is 12.3. The molecule has 1 N–H and O–H groups in total. The molecule has 4 nitrogen and oxygen atoms in total. The smallest absolute Gasteiger partial charge is 0.253 e. The van der Waals surface area contributed by atoms with Crippen molar-refractivity contribution in [2.45, 2.75) is 19.0 Å². The van der Waals surface area contributed by atoms with Crippen LogP contribution < -0.4 is 5.32 Å². The Balaban J connectivity index is 2.12. The molecule has 0 bridgehead atoms. The number of carbonyl (C=O) groups excluding carboxylic acids is 2. The molecule has 2 aromatic carbocycles. The fourth-order valence-electron chi connectivity index (χ4n) is 2.60. The maximum Gasteiger partial charge on any atom is 0.253 e. The summed E-state index contributed by atoms with van der Waals surface area (Å²) in [6.45, 7) is 0.128. The van der Waals surface area contributed by atoms with E-state index in [-0.39, 0.29) is 18.3 Å². The van der Waals surface area contributed by atoms with Gasteiger partial charge in [0.1, 0.15) is 11.9 Å². The molecule has 2 aromatic rings. The summed E-state index contributed by atoms with van der Waals surface area (Å²) in [5, 5.41) is 3.09. The van der Waals surface area contributed by atoms with Crippen LogP contribution in [0.1, 0.15) is 22.3 Å². The standard InChI is InChI=1S/C20H22ClFN2O2S/c1-24(13-14-7-3-6-10-17(14)22)20(26)18(11-12-27-2)23-19(25)15-8-4-5-9-16(15)21/h3-10,18H,11-13H2,1-2H3,(H,23,25). The van der Waals surface area contributed by atoms with Crippen LogP contribution >= 0.6 is 23.4 Å². The number of hydrogen-bond acceptors (Lipinski definition) is 3. The molecule has 0 aliphatic heterocycles. The third kappa shape index (κ3) is 5.97. The van der Waals surface area contributed by atoms with Crippen molar-refractivity contribution >= 4 is 35.2 Å². The van der Waals surface area contributed by atoms with Crippen molar-refractivity contribution in [3.05, 3.63) is 70.5 Å². The van der Waals surface area contributed by atoms with Gasteiger partial charge in [-0.1, -0.05) is 41.9 Å². The molecule has 27 heavy (non-hydrogen) atoms. The van der Waals surface area contributed by atoms with Gasteiger partial charge in [-0.05, 0) is 36.6 Å². The molecule has 0 aliphatic rings. The molecular formula is C20H22ClFN2O2S. The lowest BCUT2D eigenvalue weighted by atomic mass is 10.1. The van der Waals surface area contributed by atoms with Crippen molar-refractivity contribution in [3.63, 3.8) is 0 Å². The van der Waals surface area contributed by atoms with Crippen LogP contribution in [0.15, 0.2) is 48.5 Å². The van der Waals surface area contributed by atoms with Gasteiger partial charge in [0.25, 0.3) is 5.91 Å². The first-order chi connectivity index (χ1) is 12.9. The molecule has 144 valence electrons. The SMILES string of the molecule is CSCCC(NC(=O)c1ccccc1Cl)C(=O)N(C)Cc1ccccc1F. The van der Waals surface area contributed by atoms with E-state index < -0.39 is 11.9 Å². The van der Waals surface area contributed by atoms with Gasteiger partial charge in [-0.2, -0.15) is 11.8 Å². The molecule has 0 heterocycles. The fraction of sp³-hybridized carbons (Fsp3) is 0.300. The summed E-state index contributed by atoms with van der Waals surface area (Å²) in [5.74, 6) is -0.336. The Morgan fingerprint density at radius 1 is 1.19 bits per heavy atom. The summed E-state index contributed by atoms with van der Waals surface area (Å²) in [6.07, 6.45) is 2.40. The molecule has 1 atom stereocenters. The zero-order chi connectivity index (χ0) is 19.8. The van der Waals surface area contributed by atoms with Crippen LogP contribution in [0.2, 0.25) is 5.02 Å². The first-order valence-corrected chi connectivity index (χ1v) is 10.2. The highest BCUT2D eigenvalue weighted by atomic mass is 35.5. The van der Waals surface area contributed by atoms with Gasteiger partial charge in [0.15, 0.2) is 0 Å². The van der Waals surface area contributed by atoms with Gasteiger partial charge in [0.05, 0.1) is 10.6 Å². The van der Waals surface area contributed by atoms with E-state index in [1.54, 1.807) is 61.3 Å². The van der Waals surface area contributed by atoms with Crippen LogP contribution in [-0.2, 0) is 11.3 Å². The van der Waals surface area contributed by atoms with Gasteiger partial charge < -0.3 is 10.2 Å². The quantitative estimate of drug-likeness (QED) is 0.718. The number of benzene rings is 2. The second-order valence-corrected chi connectivity index (χ2v) is 7.47. The monoisotopic (exact) mass is 408 g/mol. The minimum atomic E-state index is -0.710. The van der Waals surface area contributed by atoms with Crippen LogP contribution in [-0.4, -0.2) is 41.8 Å². The van der Waals surface area contributed by atoms with E-state index >= 15 is 0 Å². The van der Waals surface area contributed by atoms with E-state index in [9.17, 15) is 14.0 Å². The second kappa shape index (κ2) is 10.3. The van der Waals surface area contributed by atoms with Crippen LogP contribution in [0.4, 0.5) is 4.39 Å². The molecule has 0 radical (unpaired) electrons. The lowest BCUT2D eigenvalue weighted by Gasteiger charge is -2.25. The first kappa shape index (κ1) is 21.3. The molecule has 2 amide bonds. The second-order valence-electron chi connectivity index (χ2n) is 6.07. The summed E-state index contributed by atoms with van der Waals surface area (Å²) >= 11 is 7.66. The first-order valence-electron chi connectivity index (χ1n) is 8.46. The van der Waals surface area contributed by atoms with E-state index in [1.807, 2.05) is 6.26 Å². The van der Waals surface area contributed by atoms with Gasteiger partial charge in [-0.15, -0.1) is 0 Å². The van der Waals surface area contributed by atoms with E-state index in [1.165, 1.54) is 11.0 Å². The highest BCUT2D eigenvalue weighted by Gasteiger charge is 2.25. The number of nitrogens with zero attached hydrogens (tertiary/aromatic N) is 1. The van der Waals surface area contributed by atoms with E-state index in [4.69, 9.17) is 11.6 Å². The molecular weight excluding hydrogens is 387 g/mol. The number of rotatable bonds is 8. The highest BCUT2D eigenvalue weighted by molar-refractivity contribution is 7.98. The predicted octanol–water partition coefficient (Wildman–Crippen LogP) is 3.99. The summed E-state index contributed by atoms with van der Waals surface area (Å²) in [7, 11) is 1.60. The number of likely N-dealkylation sites (N-methyl/N-ethyl adjacent to an activating group) is 1. The van der Waals surface area contributed by atoms with Crippen molar-refractivity contribution in [3.8, 4) is 0 Å². The molecule has 0 saturated heterocycles. The number of nitrogens with one attached hydrogen (secondary N) is 1. The molecule has 0 aromatic heterocycles. The molecule has 0 aliphatic carbocycles. The zero-order valence-electron chi connectivity index (χ0n) is 15.2. The maximum absolute atomic E-state index is 13.9. The molecule has 7 heteroatoms. The van der Waals surface area contributed by atoms with Crippen LogP contribution in [0.3, 0.4) is 0 Å². The van der Waals surface area contributed by atoms with Crippen molar-refractivity contribution in [1.29, 1.82) is 0 Å².